The number of nitrogens with zero attached hydrogens (tertiary/aromatic N) is 2. The molecule has 0 aliphatic carbocycles. The first-order valence-corrected chi connectivity index (χ1v) is 15.4. The van der Waals surface area contributed by atoms with Crippen molar-refractivity contribution in [2.75, 3.05) is 5.32 Å². The molecule has 2 N–H and O–H groups in total. The number of para-hydroxylation sites is 1. The van der Waals surface area contributed by atoms with Crippen LogP contribution in [0.5, 0.6) is 11.5 Å². The quantitative estimate of drug-likeness (QED) is 0.100. The molecule has 0 unspecified atom stereocenters. The number of ether oxygens (including phenoxy) is 1. The number of benzene rings is 4. The van der Waals surface area contributed by atoms with E-state index in [4.69, 9.17) is 20.8 Å². The first-order chi connectivity index (χ1) is 21.8. The van der Waals surface area contributed by atoms with E-state index in [-0.39, 0.29) is 23.7 Å². The number of anilines is 1. The zero-order valence-electron chi connectivity index (χ0n) is 23.7. The van der Waals surface area contributed by atoms with Crippen LogP contribution >= 0.6 is 11.6 Å². The minimum atomic E-state index is -3.88. The van der Waals surface area contributed by atoms with Crippen molar-refractivity contribution in [1.82, 2.24) is 9.73 Å². The van der Waals surface area contributed by atoms with Gasteiger partial charge in [-0.05, 0) is 78.4 Å². The maximum Gasteiger partial charge on any atom is 0.329 e. The fourth-order valence-corrected chi connectivity index (χ4v) is 5.65. The molecule has 0 fully saturated rings. The molecule has 45 heavy (non-hydrogen) atoms. The van der Waals surface area contributed by atoms with Crippen LogP contribution in [-0.2, 0) is 32.7 Å². The second-order valence-electron chi connectivity index (χ2n) is 9.61. The number of sulfonamides is 1. The van der Waals surface area contributed by atoms with Crippen LogP contribution in [0.4, 0.5) is 5.69 Å². The summed E-state index contributed by atoms with van der Waals surface area (Å²) in [7, 11) is -3.88. The molecule has 0 radical (unpaired) electrons. The highest BCUT2D eigenvalue weighted by Gasteiger charge is 2.26. The van der Waals surface area contributed by atoms with Gasteiger partial charge in [0.2, 0.25) is 10.0 Å². The summed E-state index contributed by atoms with van der Waals surface area (Å²) in [5.41, 5.74) is 3.28. The maximum absolute atomic E-state index is 13.5. The lowest BCUT2D eigenvalue weighted by Crippen LogP contribution is -2.32. The van der Waals surface area contributed by atoms with E-state index in [0.29, 0.717) is 28.0 Å². The van der Waals surface area contributed by atoms with Gasteiger partial charge in [-0.2, -0.15) is 9.41 Å². The van der Waals surface area contributed by atoms with Gasteiger partial charge in [-0.25, -0.2) is 13.8 Å². The Morgan fingerprint density at radius 1 is 0.778 bits per heavy atom. The first-order valence-electron chi connectivity index (χ1n) is 13.6. The van der Waals surface area contributed by atoms with Crippen molar-refractivity contribution in [3.63, 3.8) is 0 Å². The predicted octanol–water partition coefficient (Wildman–Crippen LogP) is 6.21. The highest BCUT2D eigenvalue weighted by molar-refractivity contribution is 7.89. The lowest BCUT2D eigenvalue weighted by atomic mass is 10.2. The van der Waals surface area contributed by atoms with Gasteiger partial charge >= 0.3 is 11.8 Å². The zero-order chi connectivity index (χ0) is 31.6. The predicted molar refractivity (Wildman–Crippen MR) is 170 cm³/mol. The number of rotatable bonds is 11. The zero-order valence-corrected chi connectivity index (χ0v) is 25.2. The van der Waals surface area contributed by atoms with Crippen molar-refractivity contribution in [1.29, 1.82) is 0 Å². The van der Waals surface area contributed by atoms with E-state index in [2.05, 4.69) is 15.8 Å². The van der Waals surface area contributed by atoms with Gasteiger partial charge in [0.25, 0.3) is 0 Å². The molecule has 4 aromatic carbocycles. The summed E-state index contributed by atoms with van der Waals surface area (Å²) in [6, 6.07) is 33.9. The number of amides is 2. The van der Waals surface area contributed by atoms with Crippen molar-refractivity contribution in [3.8, 4) is 11.5 Å². The molecule has 12 heteroatoms. The molecular weight excluding hydrogens is 616 g/mol. The Balaban J connectivity index is 1.18. The average Bonchev–Trinajstić information content (AvgIpc) is 3.50. The second-order valence-corrected chi connectivity index (χ2v) is 12.0. The van der Waals surface area contributed by atoms with E-state index in [9.17, 15) is 18.0 Å². The van der Waals surface area contributed by atoms with Gasteiger partial charge in [-0.15, -0.1) is 0 Å². The van der Waals surface area contributed by atoms with Gasteiger partial charge in [-0.1, -0.05) is 60.1 Å². The monoisotopic (exact) mass is 642 g/mol. The molecule has 0 aliphatic rings. The second kappa shape index (κ2) is 14.5. The third-order valence-corrected chi connectivity index (χ3v) is 8.38. The van der Waals surface area contributed by atoms with Crippen LogP contribution < -0.4 is 15.5 Å². The molecule has 228 valence electrons. The molecule has 5 aromatic rings. The fraction of sp³-hybridized carbons (Fsp3) is 0.0606. The lowest BCUT2D eigenvalue weighted by Gasteiger charge is -2.21. The Morgan fingerprint density at radius 3 is 2.11 bits per heavy atom. The normalized spacial score (nSPS) is 11.4. The molecule has 2 amide bonds. The van der Waals surface area contributed by atoms with Gasteiger partial charge in [-0.3, -0.25) is 9.59 Å². The fourth-order valence-electron chi connectivity index (χ4n) is 4.11. The van der Waals surface area contributed by atoms with Crippen LogP contribution in [0.15, 0.2) is 136 Å². The topological polar surface area (TPSA) is 130 Å². The van der Waals surface area contributed by atoms with Crippen molar-refractivity contribution < 1.29 is 27.2 Å². The van der Waals surface area contributed by atoms with Crippen LogP contribution in [0.2, 0.25) is 5.02 Å². The van der Waals surface area contributed by atoms with Crippen LogP contribution in [0, 0.1) is 0 Å². The molecule has 1 heterocycles. The Morgan fingerprint density at radius 2 is 1.42 bits per heavy atom. The van der Waals surface area contributed by atoms with E-state index in [0.717, 1.165) is 5.56 Å². The third kappa shape index (κ3) is 8.67. The smallest absolute Gasteiger partial charge is 0.329 e. The maximum atomic E-state index is 13.5. The van der Waals surface area contributed by atoms with Gasteiger partial charge in [0.15, 0.2) is 0 Å². The highest BCUT2D eigenvalue weighted by atomic mass is 35.5. The molecule has 0 atom stereocenters. The first kappa shape index (κ1) is 31.2. The van der Waals surface area contributed by atoms with Gasteiger partial charge < -0.3 is 14.5 Å². The van der Waals surface area contributed by atoms with Gasteiger partial charge in [0.05, 0.1) is 17.7 Å². The van der Waals surface area contributed by atoms with Gasteiger partial charge in [0, 0.05) is 17.3 Å². The number of furan rings is 1. The largest absolute Gasteiger partial charge is 0.459 e. The Labute approximate surface area is 265 Å². The summed E-state index contributed by atoms with van der Waals surface area (Å²) in [6.07, 6.45) is 1.21. The van der Waals surface area contributed by atoms with Crippen molar-refractivity contribution in [3.05, 3.63) is 143 Å². The summed E-state index contributed by atoms with van der Waals surface area (Å²) >= 11 is 6.00. The molecule has 0 saturated carbocycles. The molecule has 0 spiro atoms. The molecule has 10 nitrogen and oxygen atoms in total. The minimum absolute atomic E-state index is 0.0718. The number of carbonyl (C=O) groups is 2. The third-order valence-electron chi connectivity index (χ3n) is 6.32. The number of hydrogen-bond acceptors (Lipinski definition) is 7. The molecule has 0 aliphatic heterocycles. The molecule has 5 rings (SSSR count). The van der Waals surface area contributed by atoms with Crippen LogP contribution in [0.25, 0.3) is 0 Å². The van der Waals surface area contributed by atoms with Crippen molar-refractivity contribution in [2.45, 2.75) is 18.0 Å². The number of halogens is 1. The van der Waals surface area contributed by atoms with E-state index in [1.54, 1.807) is 78.9 Å². The number of nitrogens with one attached hydrogen (secondary N) is 2. The summed E-state index contributed by atoms with van der Waals surface area (Å²) in [5, 5.41) is 6.81. The van der Waals surface area contributed by atoms with Crippen molar-refractivity contribution in [2.24, 2.45) is 5.10 Å². The summed E-state index contributed by atoms with van der Waals surface area (Å²) in [6.45, 7) is 0.00407. The van der Waals surface area contributed by atoms with E-state index >= 15 is 0 Å². The number of carbonyl (C=O) groups excluding carboxylic acids is 2. The number of hydrazone groups is 1. The lowest BCUT2D eigenvalue weighted by molar-refractivity contribution is -0.136. The van der Waals surface area contributed by atoms with Crippen molar-refractivity contribution >= 4 is 45.3 Å². The van der Waals surface area contributed by atoms with E-state index < -0.39 is 21.8 Å². The van der Waals surface area contributed by atoms with Gasteiger partial charge in [0.1, 0.15) is 23.0 Å². The highest BCUT2D eigenvalue weighted by Crippen LogP contribution is 2.24. The molecule has 1 aromatic heterocycles. The van der Waals surface area contributed by atoms with E-state index in [1.807, 2.05) is 30.3 Å². The number of hydrogen-bond donors (Lipinski definition) is 2. The summed E-state index contributed by atoms with van der Waals surface area (Å²) < 4.78 is 39.7. The summed E-state index contributed by atoms with van der Waals surface area (Å²) in [5.74, 6) is -0.102. The summed E-state index contributed by atoms with van der Waals surface area (Å²) in [4.78, 5) is 24.7. The molecule has 0 bridgehead atoms. The SMILES string of the molecule is O=C(N/N=C/c1ccc(CN(Cc2ccc(Cl)cc2)S(=O)(=O)c2ccccc2)o1)C(=O)Nc1ccc(Oc2ccccc2)cc1. The standard InChI is InChI=1S/C33H27ClN4O6S/c34-25-13-11-24(12-14-25)22-38(45(41,42)31-9-5-2-6-10-31)23-30-20-19-29(44-30)21-35-37-33(40)32(39)36-26-15-17-28(18-16-26)43-27-7-3-1-4-8-27/h1-21H,22-23H2,(H,36,39)(H,37,40)/b35-21+. The van der Waals surface area contributed by atoms with Crippen LogP contribution in [-0.4, -0.2) is 30.8 Å². The Kier molecular flexibility index (Phi) is 10.1. The van der Waals surface area contributed by atoms with E-state index in [1.165, 1.54) is 22.7 Å². The van der Waals surface area contributed by atoms with Crippen LogP contribution in [0.3, 0.4) is 0 Å². The molecule has 0 saturated heterocycles. The average molecular weight is 643 g/mol. The Bertz CT molecular complexity index is 1880. The molecular formula is C33H27ClN4O6S. The van der Waals surface area contributed by atoms with Crippen LogP contribution in [0.1, 0.15) is 17.1 Å². The Hall–Kier alpha value is -5.23. The minimum Gasteiger partial charge on any atom is -0.459 e.